The van der Waals surface area contributed by atoms with E-state index in [2.05, 4.69) is 18.2 Å². The Hall–Kier alpha value is -0.290. The highest BCUT2D eigenvalue weighted by atomic mass is 127. The number of hydrogen-bond donors (Lipinski definition) is 0. The molecular formula is C11H8INOS2. The molecule has 0 aliphatic rings. The van der Waals surface area contributed by atoms with Gasteiger partial charge < -0.3 is 0 Å². The molecule has 0 aliphatic heterocycles. The van der Waals surface area contributed by atoms with Crippen LogP contribution in [0, 0.1) is 18.3 Å². The zero-order valence-electron chi connectivity index (χ0n) is 8.44. The van der Waals surface area contributed by atoms with E-state index in [1.165, 1.54) is 19.3 Å². The summed E-state index contributed by atoms with van der Waals surface area (Å²) < 4.78 is 6.55. The second-order valence-electron chi connectivity index (χ2n) is 3.26. The molecule has 2 nitrogen and oxygen atoms in total. The zero-order chi connectivity index (χ0) is 11.5. The van der Waals surface area contributed by atoms with Gasteiger partial charge in [0.25, 0.3) is 0 Å². The van der Waals surface area contributed by atoms with E-state index in [9.17, 15) is 0 Å². The predicted octanol–water partition coefficient (Wildman–Crippen LogP) is 4.79. The van der Waals surface area contributed by atoms with Gasteiger partial charge in [-0.1, -0.05) is 18.2 Å². The minimum Gasteiger partial charge on any atom is -0.281 e. The Morgan fingerprint density at radius 1 is 1.50 bits per heavy atom. The first-order valence-corrected chi connectivity index (χ1v) is 8.69. The Bertz CT molecular complexity index is 546. The van der Waals surface area contributed by atoms with E-state index in [4.69, 9.17) is 9.44 Å². The van der Waals surface area contributed by atoms with Gasteiger partial charge in [0.1, 0.15) is 6.07 Å². The molecule has 0 saturated carbocycles. The number of thiophene rings is 1. The molecule has 0 saturated heterocycles. The molecule has 2 aromatic rings. The minimum atomic E-state index is -0.473. The Balaban J connectivity index is 2.52. The molecule has 0 radical (unpaired) electrons. The molecule has 0 aliphatic carbocycles. The van der Waals surface area contributed by atoms with Gasteiger partial charge in [0.05, 0.1) is 14.1 Å². The number of benzene rings is 1. The first kappa shape index (κ1) is 12.2. The van der Waals surface area contributed by atoms with Crippen molar-refractivity contribution >= 4 is 51.8 Å². The van der Waals surface area contributed by atoms with Crippen molar-refractivity contribution < 1.29 is 4.18 Å². The summed E-state index contributed by atoms with van der Waals surface area (Å²) in [5.41, 5.74) is 1.15. The first-order valence-electron chi connectivity index (χ1n) is 4.59. The van der Waals surface area contributed by atoms with Gasteiger partial charge in [-0.2, -0.15) is 5.26 Å². The average molecular weight is 361 g/mol. The highest BCUT2D eigenvalue weighted by Crippen LogP contribution is 2.38. The fraction of sp³-hybridized carbons (Fsp3) is 0.182. The van der Waals surface area contributed by atoms with Crippen LogP contribution in [0.2, 0.25) is 0 Å². The molecule has 1 aromatic heterocycles. The molecule has 82 valence electrons. The lowest BCUT2D eigenvalue weighted by molar-refractivity contribution is 0.323. The number of aryl methyl sites for hydroxylation is 1. The second kappa shape index (κ2) is 5.36. The summed E-state index contributed by atoms with van der Waals surface area (Å²) in [6.45, 7) is 2.04. The predicted molar refractivity (Wildman–Crippen MR) is 77.6 cm³/mol. The molecule has 2 rings (SSSR count). The van der Waals surface area contributed by atoms with Crippen molar-refractivity contribution in [1.29, 1.82) is 5.26 Å². The van der Waals surface area contributed by atoms with Crippen molar-refractivity contribution in [3.63, 3.8) is 0 Å². The monoisotopic (exact) mass is 361 g/mol. The number of hydrogen-bond acceptors (Lipinski definition) is 4. The fourth-order valence-corrected chi connectivity index (χ4v) is 3.68. The Labute approximate surface area is 114 Å². The maximum Gasteiger partial charge on any atom is 0.193 e. The van der Waals surface area contributed by atoms with Gasteiger partial charge in [-0.05, 0) is 23.9 Å². The van der Waals surface area contributed by atoms with E-state index in [1.807, 2.05) is 40.3 Å². The van der Waals surface area contributed by atoms with Gasteiger partial charge in [0, 0.05) is 25.9 Å². The molecular weight excluding hydrogens is 353 g/mol. The van der Waals surface area contributed by atoms with Crippen LogP contribution in [0.5, 0.6) is 0 Å². The standard InChI is InChI=1S/C11H8INOS2/c1-7-8-4-2-3-5-10(8)15-11(7)9(6-13)14-16-12/h2-5,9H,1H3. The van der Waals surface area contributed by atoms with Crippen LogP contribution in [0.15, 0.2) is 24.3 Å². The molecule has 1 heterocycles. The van der Waals surface area contributed by atoms with E-state index in [1.54, 1.807) is 11.3 Å². The largest absolute Gasteiger partial charge is 0.281 e. The third kappa shape index (κ3) is 2.20. The van der Waals surface area contributed by atoms with Crippen molar-refractivity contribution in [1.82, 2.24) is 0 Å². The number of halogens is 1. The lowest BCUT2D eigenvalue weighted by atomic mass is 10.1. The summed E-state index contributed by atoms with van der Waals surface area (Å²) in [5.74, 6) is 0. The van der Waals surface area contributed by atoms with Crippen LogP contribution in [0.1, 0.15) is 16.5 Å². The summed E-state index contributed by atoms with van der Waals surface area (Å²) in [5, 5.41) is 10.3. The third-order valence-electron chi connectivity index (χ3n) is 2.37. The summed E-state index contributed by atoms with van der Waals surface area (Å²) in [7, 11) is 1.20. The molecule has 0 amide bonds. The molecule has 0 spiro atoms. The van der Waals surface area contributed by atoms with Crippen molar-refractivity contribution in [2.75, 3.05) is 0 Å². The summed E-state index contributed by atoms with van der Waals surface area (Å²) >= 11 is 3.66. The molecule has 16 heavy (non-hydrogen) atoms. The maximum absolute atomic E-state index is 9.08. The number of nitrogens with zero attached hydrogens (tertiary/aromatic N) is 1. The fourth-order valence-electron chi connectivity index (χ4n) is 1.60. The van der Waals surface area contributed by atoms with Crippen LogP contribution in [-0.4, -0.2) is 0 Å². The molecule has 0 fully saturated rings. The normalized spacial score (nSPS) is 12.6. The minimum absolute atomic E-state index is 0.473. The molecule has 1 atom stereocenters. The van der Waals surface area contributed by atoms with Crippen molar-refractivity contribution in [3.05, 3.63) is 34.7 Å². The van der Waals surface area contributed by atoms with Gasteiger partial charge in [0.15, 0.2) is 6.10 Å². The van der Waals surface area contributed by atoms with E-state index >= 15 is 0 Å². The van der Waals surface area contributed by atoms with Crippen LogP contribution in [-0.2, 0) is 4.18 Å². The van der Waals surface area contributed by atoms with Crippen LogP contribution in [0.25, 0.3) is 10.1 Å². The molecule has 0 bridgehead atoms. The van der Waals surface area contributed by atoms with Gasteiger partial charge in [-0.15, -0.1) is 11.3 Å². The highest BCUT2D eigenvalue weighted by molar-refractivity contribution is 14.2. The van der Waals surface area contributed by atoms with Crippen LogP contribution in [0.4, 0.5) is 0 Å². The number of nitriles is 1. The molecule has 1 unspecified atom stereocenters. The van der Waals surface area contributed by atoms with E-state index in [0.717, 1.165) is 10.4 Å². The summed E-state index contributed by atoms with van der Waals surface area (Å²) in [6, 6.07) is 10.4. The second-order valence-corrected chi connectivity index (χ2v) is 5.74. The van der Waals surface area contributed by atoms with E-state index in [0.29, 0.717) is 0 Å². The Kier molecular flexibility index (Phi) is 4.08. The average Bonchev–Trinajstić information content (AvgIpc) is 2.64. The SMILES string of the molecule is Cc1c(C(C#N)OSI)sc2ccccc12. The van der Waals surface area contributed by atoms with Crippen LogP contribution >= 0.6 is 41.8 Å². The number of rotatable bonds is 3. The smallest absolute Gasteiger partial charge is 0.193 e. The Morgan fingerprint density at radius 3 is 2.88 bits per heavy atom. The van der Waals surface area contributed by atoms with Crippen LogP contribution in [0.3, 0.4) is 0 Å². The van der Waals surface area contributed by atoms with Gasteiger partial charge in [0.2, 0.25) is 0 Å². The molecule has 1 aromatic carbocycles. The van der Waals surface area contributed by atoms with Crippen LogP contribution < -0.4 is 0 Å². The van der Waals surface area contributed by atoms with Crippen molar-refractivity contribution in [3.8, 4) is 6.07 Å². The third-order valence-corrected chi connectivity index (χ3v) is 4.57. The lowest BCUT2D eigenvalue weighted by Crippen LogP contribution is -1.94. The summed E-state index contributed by atoms with van der Waals surface area (Å²) in [6.07, 6.45) is -0.473. The van der Waals surface area contributed by atoms with Crippen molar-refractivity contribution in [2.45, 2.75) is 13.0 Å². The Morgan fingerprint density at radius 2 is 2.25 bits per heavy atom. The van der Waals surface area contributed by atoms with Crippen molar-refractivity contribution in [2.24, 2.45) is 0 Å². The van der Waals surface area contributed by atoms with Gasteiger partial charge in [-0.25, -0.2) is 0 Å². The van der Waals surface area contributed by atoms with E-state index < -0.39 is 6.10 Å². The zero-order valence-corrected chi connectivity index (χ0v) is 12.2. The molecule has 0 N–H and O–H groups in total. The quantitative estimate of drug-likeness (QED) is 0.582. The van der Waals surface area contributed by atoms with E-state index in [-0.39, 0.29) is 0 Å². The number of fused-ring (bicyclic) bond motifs is 1. The topological polar surface area (TPSA) is 33.0 Å². The maximum atomic E-state index is 9.08. The first-order chi connectivity index (χ1) is 7.77. The van der Waals surface area contributed by atoms with Gasteiger partial charge in [-0.3, -0.25) is 4.18 Å². The lowest BCUT2D eigenvalue weighted by Gasteiger charge is -2.05. The summed E-state index contributed by atoms with van der Waals surface area (Å²) in [4.78, 5) is 1.01. The molecule has 5 heteroatoms. The highest BCUT2D eigenvalue weighted by Gasteiger charge is 2.18. The van der Waals surface area contributed by atoms with Gasteiger partial charge >= 0.3 is 0 Å².